The standard InChI is InChI=1S/C12H12ClN3O5/c1-6(12(18)19)7-4-15(5-7)11(17)8-2-3-14-10(13)9(8)16(20)21/h2-3,6-7H,4-5H2,1H3,(H,18,19). The van der Waals surface area contributed by atoms with Gasteiger partial charge in [-0.25, -0.2) is 4.98 Å². The van der Waals surface area contributed by atoms with E-state index in [1.165, 1.54) is 17.2 Å². The number of likely N-dealkylation sites (tertiary alicyclic amines) is 1. The number of pyridine rings is 1. The van der Waals surface area contributed by atoms with Crippen molar-refractivity contribution >= 4 is 29.2 Å². The Balaban J connectivity index is 2.15. The third-order valence-corrected chi connectivity index (χ3v) is 3.86. The molecule has 0 radical (unpaired) electrons. The van der Waals surface area contributed by atoms with Crippen LogP contribution in [0.4, 0.5) is 5.69 Å². The third kappa shape index (κ3) is 2.80. The van der Waals surface area contributed by atoms with E-state index < -0.39 is 28.4 Å². The van der Waals surface area contributed by atoms with Crippen molar-refractivity contribution < 1.29 is 19.6 Å². The molecule has 1 saturated heterocycles. The maximum absolute atomic E-state index is 12.2. The number of rotatable bonds is 4. The minimum atomic E-state index is -0.926. The summed E-state index contributed by atoms with van der Waals surface area (Å²) in [6.45, 7) is 2.08. The van der Waals surface area contributed by atoms with Crippen molar-refractivity contribution in [3.63, 3.8) is 0 Å². The summed E-state index contributed by atoms with van der Waals surface area (Å²) >= 11 is 5.65. The number of aromatic nitrogens is 1. The topological polar surface area (TPSA) is 114 Å². The molecule has 1 fully saturated rings. The molecule has 1 aromatic heterocycles. The van der Waals surface area contributed by atoms with Gasteiger partial charge >= 0.3 is 11.7 Å². The predicted octanol–water partition coefficient (Wildman–Crippen LogP) is 1.44. The van der Waals surface area contributed by atoms with Crippen LogP contribution in [0.25, 0.3) is 0 Å². The van der Waals surface area contributed by atoms with Crippen molar-refractivity contribution in [3.05, 3.63) is 33.1 Å². The first-order chi connectivity index (χ1) is 9.82. The smallest absolute Gasteiger partial charge is 0.319 e. The SMILES string of the molecule is CC(C(=O)O)C1CN(C(=O)c2ccnc(Cl)c2[N+](=O)[O-])C1. The molecule has 21 heavy (non-hydrogen) atoms. The summed E-state index contributed by atoms with van der Waals surface area (Å²) in [4.78, 5) is 38.3. The van der Waals surface area contributed by atoms with Crippen LogP contribution in [0.3, 0.4) is 0 Å². The van der Waals surface area contributed by atoms with Crippen LogP contribution in [0.15, 0.2) is 12.3 Å². The zero-order valence-corrected chi connectivity index (χ0v) is 11.8. The lowest BCUT2D eigenvalue weighted by atomic mass is 9.86. The molecule has 0 spiro atoms. The molecule has 0 bridgehead atoms. The van der Waals surface area contributed by atoms with E-state index in [-0.39, 0.29) is 29.7 Å². The van der Waals surface area contributed by atoms with Crippen LogP contribution in [0, 0.1) is 22.0 Å². The van der Waals surface area contributed by atoms with Crippen molar-refractivity contribution in [2.24, 2.45) is 11.8 Å². The van der Waals surface area contributed by atoms with Crippen LogP contribution >= 0.6 is 11.6 Å². The molecule has 0 aliphatic carbocycles. The summed E-state index contributed by atoms with van der Waals surface area (Å²) in [5, 5.41) is 19.5. The fraction of sp³-hybridized carbons (Fsp3) is 0.417. The van der Waals surface area contributed by atoms with Crippen LogP contribution < -0.4 is 0 Å². The van der Waals surface area contributed by atoms with Gasteiger partial charge in [0.1, 0.15) is 5.56 Å². The highest BCUT2D eigenvalue weighted by atomic mass is 35.5. The third-order valence-electron chi connectivity index (χ3n) is 3.59. The molecule has 2 rings (SSSR count). The zero-order chi connectivity index (χ0) is 15.7. The number of carbonyl (C=O) groups excluding carboxylic acids is 1. The largest absolute Gasteiger partial charge is 0.481 e. The second kappa shape index (κ2) is 5.65. The highest BCUT2D eigenvalue weighted by Crippen LogP contribution is 2.31. The van der Waals surface area contributed by atoms with E-state index in [0.717, 1.165) is 0 Å². The lowest BCUT2D eigenvalue weighted by molar-refractivity contribution is -0.385. The second-order valence-electron chi connectivity index (χ2n) is 4.85. The minimum Gasteiger partial charge on any atom is -0.481 e. The van der Waals surface area contributed by atoms with Gasteiger partial charge in [-0.15, -0.1) is 0 Å². The zero-order valence-electron chi connectivity index (χ0n) is 11.0. The number of hydrogen-bond donors (Lipinski definition) is 1. The summed E-state index contributed by atoms with van der Waals surface area (Å²) < 4.78 is 0. The first kappa shape index (κ1) is 15.2. The van der Waals surface area contributed by atoms with Gasteiger partial charge in [0.15, 0.2) is 0 Å². The van der Waals surface area contributed by atoms with Gasteiger partial charge < -0.3 is 10.0 Å². The lowest BCUT2D eigenvalue weighted by Gasteiger charge is -2.41. The van der Waals surface area contributed by atoms with Crippen molar-refractivity contribution in [1.29, 1.82) is 0 Å². The number of carboxylic acids is 1. The summed E-state index contributed by atoms with van der Waals surface area (Å²) in [7, 11) is 0. The molecule has 9 heteroatoms. The monoisotopic (exact) mass is 313 g/mol. The summed E-state index contributed by atoms with van der Waals surface area (Å²) in [6, 6.07) is 1.24. The van der Waals surface area contributed by atoms with Gasteiger partial charge in [0.05, 0.1) is 10.8 Å². The average molecular weight is 314 g/mol. The number of carbonyl (C=O) groups is 2. The molecule has 112 valence electrons. The van der Waals surface area contributed by atoms with Crippen LogP contribution in [0.2, 0.25) is 5.15 Å². The summed E-state index contributed by atoms with van der Waals surface area (Å²) in [6.07, 6.45) is 1.22. The van der Waals surface area contributed by atoms with E-state index in [9.17, 15) is 19.7 Å². The lowest BCUT2D eigenvalue weighted by Crippen LogP contribution is -2.53. The highest BCUT2D eigenvalue weighted by molar-refractivity contribution is 6.32. The molecule has 1 aliphatic rings. The van der Waals surface area contributed by atoms with Crippen LogP contribution in [0.5, 0.6) is 0 Å². The Kier molecular flexibility index (Phi) is 4.08. The molecule has 1 aliphatic heterocycles. The van der Waals surface area contributed by atoms with Crippen molar-refractivity contribution in [1.82, 2.24) is 9.88 Å². The number of nitrogens with zero attached hydrogens (tertiary/aromatic N) is 3. The average Bonchev–Trinajstić information content (AvgIpc) is 2.35. The Hall–Kier alpha value is -2.22. The highest BCUT2D eigenvalue weighted by Gasteiger charge is 2.39. The molecule has 8 nitrogen and oxygen atoms in total. The van der Waals surface area contributed by atoms with Gasteiger partial charge in [-0.3, -0.25) is 19.7 Å². The quantitative estimate of drug-likeness (QED) is 0.511. The fourth-order valence-electron chi connectivity index (χ4n) is 2.14. The number of halogens is 1. The first-order valence-electron chi connectivity index (χ1n) is 6.14. The van der Waals surface area contributed by atoms with Gasteiger partial charge in [0.2, 0.25) is 5.15 Å². The van der Waals surface area contributed by atoms with Gasteiger partial charge in [0, 0.05) is 25.2 Å². The van der Waals surface area contributed by atoms with E-state index in [1.807, 2.05) is 0 Å². The Morgan fingerprint density at radius 3 is 2.71 bits per heavy atom. The Labute approximate surface area is 124 Å². The summed E-state index contributed by atoms with van der Waals surface area (Å²) in [5.74, 6) is -2.18. The molecule has 1 N–H and O–H groups in total. The second-order valence-corrected chi connectivity index (χ2v) is 5.21. The predicted molar refractivity (Wildman–Crippen MR) is 72.1 cm³/mol. The van der Waals surface area contributed by atoms with Gasteiger partial charge in [0.25, 0.3) is 5.91 Å². The number of carboxylic acid groups (broad SMARTS) is 1. The van der Waals surface area contributed by atoms with Crippen LogP contribution in [0.1, 0.15) is 17.3 Å². The van der Waals surface area contributed by atoms with Gasteiger partial charge in [-0.2, -0.15) is 0 Å². The maximum atomic E-state index is 12.2. The maximum Gasteiger partial charge on any atom is 0.319 e. The molecular weight excluding hydrogens is 302 g/mol. The number of nitro groups is 1. The first-order valence-corrected chi connectivity index (χ1v) is 6.51. The number of hydrogen-bond acceptors (Lipinski definition) is 5. The van der Waals surface area contributed by atoms with Crippen LogP contribution in [-0.2, 0) is 4.79 Å². The number of amides is 1. The van der Waals surface area contributed by atoms with Gasteiger partial charge in [-0.05, 0) is 6.07 Å². The van der Waals surface area contributed by atoms with E-state index in [2.05, 4.69) is 4.98 Å². The summed E-state index contributed by atoms with van der Waals surface area (Å²) in [5.41, 5.74) is -0.666. The molecule has 0 saturated carbocycles. The minimum absolute atomic E-state index is 0.138. The van der Waals surface area contributed by atoms with E-state index >= 15 is 0 Å². The Morgan fingerprint density at radius 1 is 1.57 bits per heavy atom. The van der Waals surface area contributed by atoms with Crippen molar-refractivity contribution in [3.8, 4) is 0 Å². The molecule has 0 aromatic carbocycles. The van der Waals surface area contributed by atoms with Crippen LogP contribution in [-0.4, -0.2) is 44.9 Å². The molecule has 1 aromatic rings. The molecule has 1 atom stereocenters. The normalized spacial score (nSPS) is 16.2. The van der Waals surface area contributed by atoms with Gasteiger partial charge in [-0.1, -0.05) is 18.5 Å². The molecule has 1 amide bonds. The molecular formula is C12H12ClN3O5. The molecule has 1 unspecified atom stereocenters. The number of aliphatic carboxylic acids is 1. The van der Waals surface area contributed by atoms with Crippen molar-refractivity contribution in [2.75, 3.05) is 13.1 Å². The van der Waals surface area contributed by atoms with E-state index in [1.54, 1.807) is 6.92 Å². The van der Waals surface area contributed by atoms with E-state index in [0.29, 0.717) is 0 Å². The fourth-order valence-corrected chi connectivity index (χ4v) is 2.37. The molecule has 2 heterocycles. The van der Waals surface area contributed by atoms with E-state index in [4.69, 9.17) is 16.7 Å². The Morgan fingerprint density at radius 2 is 2.19 bits per heavy atom. The Bertz CT molecular complexity index is 615. The van der Waals surface area contributed by atoms with Crippen molar-refractivity contribution in [2.45, 2.75) is 6.92 Å².